The van der Waals surface area contributed by atoms with E-state index >= 15 is 0 Å². The van der Waals surface area contributed by atoms with Crippen molar-refractivity contribution in [2.45, 2.75) is 41.2 Å². The topological polar surface area (TPSA) is 28.4 Å². The van der Waals surface area contributed by atoms with Gasteiger partial charge in [-0.2, -0.15) is 0 Å². The van der Waals surface area contributed by atoms with Crippen molar-refractivity contribution >= 4 is 0 Å². The molecule has 0 radical (unpaired) electrons. The predicted molar refractivity (Wildman–Crippen MR) is 81.3 cm³/mol. The molecule has 0 aliphatic rings. The van der Waals surface area contributed by atoms with Crippen LogP contribution in [0.1, 0.15) is 39.2 Å². The van der Waals surface area contributed by atoms with Crippen LogP contribution in [0.4, 0.5) is 0 Å². The van der Waals surface area contributed by atoms with E-state index in [9.17, 15) is 0 Å². The van der Waals surface area contributed by atoms with E-state index < -0.39 is 0 Å². The molecule has 1 N–H and O–H groups in total. The summed E-state index contributed by atoms with van der Waals surface area (Å²) >= 11 is 0. The maximum absolute atomic E-state index is 5.62. The number of aryl methyl sites for hydroxylation is 1. The lowest BCUT2D eigenvalue weighted by Crippen LogP contribution is -2.39. The van der Waals surface area contributed by atoms with Crippen molar-refractivity contribution in [1.29, 1.82) is 0 Å². The highest BCUT2D eigenvalue weighted by molar-refractivity contribution is 5.05. The maximum atomic E-state index is 5.62. The number of hydrogen-bond acceptors (Lipinski definition) is 3. The van der Waals surface area contributed by atoms with Gasteiger partial charge >= 0.3 is 0 Å². The number of rotatable bonds is 8. The Hall–Kier alpha value is -0.800. The zero-order valence-corrected chi connectivity index (χ0v) is 13.4. The summed E-state index contributed by atoms with van der Waals surface area (Å²) in [5.41, 5.74) is 0.269. The number of nitrogens with zero attached hydrogens (tertiary/aromatic N) is 1. The minimum Gasteiger partial charge on any atom is -0.465 e. The fourth-order valence-electron chi connectivity index (χ4n) is 2.38. The third-order valence-corrected chi connectivity index (χ3v) is 3.08. The minimum absolute atomic E-state index is 0.269. The predicted octanol–water partition coefficient (Wildman–Crippen LogP) is 3.29. The Morgan fingerprint density at radius 2 is 2.00 bits per heavy atom. The largest absolute Gasteiger partial charge is 0.465 e. The summed E-state index contributed by atoms with van der Waals surface area (Å²) in [4.78, 5) is 2.33. The molecule has 1 rings (SSSR count). The Bertz CT molecular complexity index is 369. The van der Waals surface area contributed by atoms with E-state index in [0.29, 0.717) is 5.92 Å². The van der Waals surface area contributed by atoms with Crippen LogP contribution in [-0.4, -0.2) is 31.6 Å². The van der Waals surface area contributed by atoms with Crippen LogP contribution in [0.15, 0.2) is 16.5 Å². The van der Waals surface area contributed by atoms with Crippen LogP contribution < -0.4 is 5.32 Å². The lowest BCUT2D eigenvalue weighted by atomic mass is 9.92. The summed E-state index contributed by atoms with van der Waals surface area (Å²) in [6, 6.07) is 4.09. The van der Waals surface area contributed by atoms with Crippen molar-refractivity contribution in [1.82, 2.24) is 10.2 Å². The molecule has 0 amide bonds. The van der Waals surface area contributed by atoms with Crippen molar-refractivity contribution in [3.05, 3.63) is 23.7 Å². The number of hydrogen-bond donors (Lipinski definition) is 1. The summed E-state index contributed by atoms with van der Waals surface area (Å²) in [6.45, 7) is 15.2. The van der Waals surface area contributed by atoms with Gasteiger partial charge in [0.1, 0.15) is 11.5 Å². The standard InChI is InChI=1S/C16H30N2O/c1-13(2)9-17-11-16(4,5)12-18(6)10-15-8-7-14(3)19-15/h7-8,13,17H,9-12H2,1-6H3. The lowest BCUT2D eigenvalue weighted by molar-refractivity contribution is 0.187. The van der Waals surface area contributed by atoms with E-state index in [1.54, 1.807) is 0 Å². The first-order valence-electron chi connectivity index (χ1n) is 7.23. The first kappa shape index (κ1) is 16.3. The van der Waals surface area contributed by atoms with Gasteiger partial charge in [-0.25, -0.2) is 0 Å². The molecule has 0 aliphatic carbocycles. The summed E-state index contributed by atoms with van der Waals surface area (Å²) in [5.74, 6) is 2.74. The van der Waals surface area contributed by atoms with Gasteiger partial charge in [0.05, 0.1) is 6.54 Å². The SMILES string of the molecule is Cc1ccc(CN(C)CC(C)(C)CNCC(C)C)o1. The summed E-state index contributed by atoms with van der Waals surface area (Å²) in [5, 5.41) is 3.55. The van der Waals surface area contributed by atoms with Crippen LogP contribution in [0.2, 0.25) is 0 Å². The summed E-state index contributed by atoms with van der Waals surface area (Å²) < 4.78 is 5.62. The van der Waals surface area contributed by atoms with Crippen molar-refractivity contribution in [3.8, 4) is 0 Å². The zero-order chi connectivity index (χ0) is 14.5. The molecule has 3 nitrogen and oxygen atoms in total. The fraction of sp³-hybridized carbons (Fsp3) is 0.750. The third kappa shape index (κ3) is 6.79. The summed E-state index contributed by atoms with van der Waals surface area (Å²) in [7, 11) is 2.15. The first-order chi connectivity index (χ1) is 8.78. The third-order valence-electron chi connectivity index (χ3n) is 3.08. The molecule has 110 valence electrons. The van der Waals surface area contributed by atoms with Gasteiger partial charge in [0.25, 0.3) is 0 Å². The van der Waals surface area contributed by atoms with Gasteiger partial charge < -0.3 is 9.73 Å². The Morgan fingerprint density at radius 1 is 1.32 bits per heavy atom. The molecule has 0 unspecified atom stereocenters. The second-order valence-electron chi connectivity index (χ2n) is 6.87. The van der Waals surface area contributed by atoms with E-state index in [1.165, 1.54) is 0 Å². The van der Waals surface area contributed by atoms with Crippen LogP contribution in [0.25, 0.3) is 0 Å². The van der Waals surface area contributed by atoms with Gasteiger partial charge in [0.2, 0.25) is 0 Å². The minimum atomic E-state index is 0.269. The molecule has 3 heteroatoms. The van der Waals surface area contributed by atoms with E-state index in [4.69, 9.17) is 4.42 Å². The quantitative estimate of drug-likeness (QED) is 0.782. The van der Waals surface area contributed by atoms with Crippen molar-refractivity contribution in [3.63, 3.8) is 0 Å². The molecule has 0 bridgehead atoms. The Kier molecular flexibility index (Phi) is 6.08. The summed E-state index contributed by atoms with van der Waals surface area (Å²) in [6.07, 6.45) is 0. The van der Waals surface area contributed by atoms with Crippen LogP contribution in [0, 0.1) is 18.3 Å². The van der Waals surface area contributed by atoms with Crippen LogP contribution in [0.3, 0.4) is 0 Å². The molecule has 0 fully saturated rings. The molecular weight excluding hydrogens is 236 g/mol. The van der Waals surface area contributed by atoms with Crippen molar-refractivity contribution in [2.24, 2.45) is 11.3 Å². The lowest BCUT2D eigenvalue weighted by Gasteiger charge is -2.30. The van der Waals surface area contributed by atoms with Crippen molar-refractivity contribution < 1.29 is 4.42 Å². The van der Waals surface area contributed by atoms with Gasteiger partial charge in [-0.3, -0.25) is 4.90 Å². The van der Waals surface area contributed by atoms with Crippen molar-refractivity contribution in [2.75, 3.05) is 26.7 Å². The molecule has 0 saturated heterocycles. The number of furan rings is 1. The van der Waals surface area contributed by atoms with E-state index in [2.05, 4.69) is 51.0 Å². The molecule has 1 aromatic rings. The first-order valence-corrected chi connectivity index (χ1v) is 7.23. The molecule has 0 aromatic carbocycles. The monoisotopic (exact) mass is 266 g/mol. The van der Waals surface area contributed by atoms with Gasteiger partial charge in [-0.1, -0.05) is 27.7 Å². The Labute approximate surface area is 118 Å². The molecule has 0 atom stereocenters. The maximum Gasteiger partial charge on any atom is 0.118 e. The van der Waals surface area contributed by atoms with Crippen LogP contribution in [-0.2, 0) is 6.54 Å². The van der Waals surface area contributed by atoms with E-state index in [1.807, 2.05) is 13.0 Å². The average Bonchev–Trinajstić information content (AvgIpc) is 2.61. The van der Waals surface area contributed by atoms with E-state index in [0.717, 1.165) is 37.7 Å². The second kappa shape index (κ2) is 7.11. The normalized spacial score (nSPS) is 12.6. The molecule has 0 aliphatic heterocycles. The van der Waals surface area contributed by atoms with Gasteiger partial charge in [0, 0.05) is 13.1 Å². The highest BCUT2D eigenvalue weighted by Gasteiger charge is 2.20. The van der Waals surface area contributed by atoms with Gasteiger partial charge in [0.15, 0.2) is 0 Å². The number of nitrogens with one attached hydrogen (secondary N) is 1. The molecule has 0 saturated carbocycles. The smallest absolute Gasteiger partial charge is 0.118 e. The average molecular weight is 266 g/mol. The highest BCUT2D eigenvalue weighted by atomic mass is 16.3. The van der Waals surface area contributed by atoms with E-state index in [-0.39, 0.29) is 5.41 Å². The van der Waals surface area contributed by atoms with Crippen LogP contribution in [0.5, 0.6) is 0 Å². The van der Waals surface area contributed by atoms with Gasteiger partial charge in [-0.05, 0) is 44.0 Å². The van der Waals surface area contributed by atoms with Crippen LogP contribution >= 0.6 is 0 Å². The molecule has 1 heterocycles. The molecule has 1 aromatic heterocycles. The Morgan fingerprint density at radius 3 is 2.53 bits per heavy atom. The fourth-order valence-corrected chi connectivity index (χ4v) is 2.38. The Balaban J connectivity index is 2.35. The molecule has 0 spiro atoms. The highest BCUT2D eigenvalue weighted by Crippen LogP contribution is 2.17. The zero-order valence-electron chi connectivity index (χ0n) is 13.4. The second-order valence-corrected chi connectivity index (χ2v) is 6.87. The molecular formula is C16H30N2O. The van der Waals surface area contributed by atoms with Gasteiger partial charge in [-0.15, -0.1) is 0 Å². The molecule has 19 heavy (non-hydrogen) atoms.